The van der Waals surface area contributed by atoms with Gasteiger partial charge in [0.2, 0.25) is 0 Å². The first-order chi connectivity index (χ1) is 5.22. The number of carboxylic acids is 1. The van der Waals surface area contributed by atoms with Gasteiger partial charge in [0.05, 0.1) is 0 Å². The van der Waals surface area contributed by atoms with Gasteiger partial charge in [0.15, 0.2) is 6.10 Å². The Kier molecular flexibility index (Phi) is 8.20. The van der Waals surface area contributed by atoms with Gasteiger partial charge in [-0.3, -0.25) is 0 Å². The van der Waals surface area contributed by atoms with Crippen molar-refractivity contribution in [3.8, 4) is 0 Å². The van der Waals surface area contributed by atoms with Gasteiger partial charge in [-0.1, -0.05) is 30.3 Å². The quantitative estimate of drug-likeness (QED) is 0.495. The smallest absolute Gasteiger partial charge is 1.00 e. The van der Waals surface area contributed by atoms with Crippen LogP contribution in [-0.2, 0) is 4.79 Å². The van der Waals surface area contributed by atoms with Crippen molar-refractivity contribution in [3.63, 3.8) is 0 Å². The molecule has 4 nitrogen and oxygen atoms in total. The first-order valence-electron chi connectivity index (χ1n) is 3.17. The molecule has 0 heterocycles. The van der Waals surface area contributed by atoms with E-state index in [1.165, 1.54) is 0 Å². The Morgan fingerprint density at radius 1 is 1.31 bits per heavy atom. The van der Waals surface area contributed by atoms with E-state index in [4.69, 9.17) is 10.2 Å². The largest absolute Gasteiger partial charge is 1.00 e. The molecular weight excluding hydrogens is 183 g/mol. The van der Waals surface area contributed by atoms with E-state index in [0.29, 0.717) is 5.56 Å². The normalized spacial score (nSPS) is 10.5. The Bertz CT molecular complexity index is 255. The summed E-state index contributed by atoms with van der Waals surface area (Å²) in [7, 11) is 0. The summed E-state index contributed by atoms with van der Waals surface area (Å²) in [5, 5.41) is 17.4. The van der Waals surface area contributed by atoms with E-state index in [-0.39, 0.29) is 36.5 Å². The molecule has 0 aliphatic heterocycles. The number of aliphatic hydroxyl groups excluding tert-OH is 1. The van der Waals surface area contributed by atoms with Crippen molar-refractivity contribution in [1.82, 2.24) is 0 Å². The van der Waals surface area contributed by atoms with Crippen molar-refractivity contribution in [1.29, 1.82) is 0 Å². The summed E-state index contributed by atoms with van der Waals surface area (Å²) in [4.78, 5) is 10.2. The van der Waals surface area contributed by atoms with Crippen LogP contribution in [0.5, 0.6) is 0 Å². The van der Waals surface area contributed by atoms with E-state index in [1.807, 2.05) is 0 Å². The summed E-state index contributed by atoms with van der Waals surface area (Å²) in [5.41, 5.74) is 0.403. The van der Waals surface area contributed by atoms with Crippen LogP contribution in [0.1, 0.15) is 13.1 Å². The van der Waals surface area contributed by atoms with Crippen LogP contribution in [0.15, 0.2) is 30.3 Å². The minimum absolute atomic E-state index is 0. The predicted molar refractivity (Wildman–Crippen MR) is 43.8 cm³/mol. The van der Waals surface area contributed by atoms with Crippen molar-refractivity contribution < 1.29 is 51.5 Å². The summed E-state index contributed by atoms with van der Waals surface area (Å²) in [6, 6.07) is 8.26. The Balaban J connectivity index is -0.000000403. The van der Waals surface area contributed by atoms with E-state index in [9.17, 15) is 4.79 Å². The Labute approximate surface area is 99.3 Å². The van der Waals surface area contributed by atoms with Crippen molar-refractivity contribution >= 4 is 5.97 Å². The Morgan fingerprint density at radius 2 is 1.77 bits per heavy atom. The van der Waals surface area contributed by atoms with E-state index in [2.05, 4.69) is 0 Å². The number of aliphatic carboxylic acids is 1. The minimum atomic E-state index is -1.41. The SMILES string of the molecule is O.O=C(O)[C@H](O)c1ccccc1.[H-].[Na+]. The molecule has 1 rings (SSSR count). The first-order valence-corrected chi connectivity index (χ1v) is 3.17. The van der Waals surface area contributed by atoms with Gasteiger partial charge in [0.1, 0.15) is 0 Å². The maximum absolute atomic E-state index is 10.2. The number of benzene rings is 1. The molecule has 0 fully saturated rings. The zero-order valence-corrected chi connectivity index (χ0v) is 9.27. The van der Waals surface area contributed by atoms with E-state index >= 15 is 0 Å². The molecule has 5 heteroatoms. The van der Waals surface area contributed by atoms with Gasteiger partial charge in [0.25, 0.3) is 0 Å². The monoisotopic (exact) mass is 194 g/mol. The fourth-order valence-corrected chi connectivity index (χ4v) is 0.778. The molecule has 1 aromatic carbocycles. The van der Waals surface area contributed by atoms with Crippen LogP contribution >= 0.6 is 0 Å². The number of carboxylic acid groups (broad SMARTS) is 1. The summed E-state index contributed by atoms with van der Waals surface area (Å²) in [6.07, 6.45) is -1.41. The van der Waals surface area contributed by atoms with E-state index < -0.39 is 12.1 Å². The first kappa shape index (κ1) is 15.1. The number of hydrogen-bond donors (Lipinski definition) is 2. The fraction of sp³-hybridized carbons (Fsp3) is 0.125. The zero-order chi connectivity index (χ0) is 8.27. The summed E-state index contributed by atoms with van der Waals surface area (Å²) >= 11 is 0. The van der Waals surface area contributed by atoms with Crippen LogP contribution in [0, 0.1) is 0 Å². The van der Waals surface area contributed by atoms with Gasteiger partial charge in [-0.2, -0.15) is 0 Å². The molecule has 0 amide bonds. The average molecular weight is 194 g/mol. The van der Waals surface area contributed by atoms with Crippen LogP contribution in [0.25, 0.3) is 0 Å². The molecule has 0 saturated carbocycles. The molecule has 0 spiro atoms. The van der Waals surface area contributed by atoms with Crippen molar-refractivity contribution in [3.05, 3.63) is 35.9 Å². The van der Waals surface area contributed by atoms with Crippen LogP contribution in [0.2, 0.25) is 0 Å². The molecule has 68 valence electrons. The predicted octanol–water partition coefficient (Wildman–Crippen LogP) is -2.90. The Morgan fingerprint density at radius 3 is 2.15 bits per heavy atom. The fourth-order valence-electron chi connectivity index (χ4n) is 0.778. The summed E-state index contributed by atoms with van der Waals surface area (Å²) in [6.45, 7) is 0. The third-order valence-corrected chi connectivity index (χ3v) is 1.35. The molecular formula is C8H11NaO4. The van der Waals surface area contributed by atoms with E-state index in [0.717, 1.165) is 0 Å². The molecule has 0 unspecified atom stereocenters. The molecule has 0 saturated heterocycles. The Hall–Kier alpha value is -0.390. The third kappa shape index (κ3) is 4.40. The van der Waals surface area contributed by atoms with Gasteiger partial charge in [-0.15, -0.1) is 0 Å². The molecule has 4 N–H and O–H groups in total. The van der Waals surface area contributed by atoms with Crippen LogP contribution in [-0.4, -0.2) is 21.7 Å². The second-order valence-electron chi connectivity index (χ2n) is 2.15. The maximum Gasteiger partial charge on any atom is 1.00 e. The standard InChI is InChI=1S/C8H8O3.Na.H2O.H/c9-7(8(10)11)6-4-2-1-3-5-6;;;/h1-5,7,9H,(H,10,11);;1H2;/q;+1;;-1/t7-;;;/m1.../s1. The van der Waals surface area contributed by atoms with Gasteiger partial charge < -0.3 is 17.1 Å². The zero-order valence-electron chi connectivity index (χ0n) is 8.27. The van der Waals surface area contributed by atoms with Crippen LogP contribution in [0.3, 0.4) is 0 Å². The van der Waals surface area contributed by atoms with Crippen molar-refractivity contribution in [2.75, 3.05) is 0 Å². The van der Waals surface area contributed by atoms with Gasteiger partial charge in [-0.25, -0.2) is 4.79 Å². The number of aliphatic hydroxyl groups is 1. The van der Waals surface area contributed by atoms with Gasteiger partial charge in [-0.05, 0) is 5.56 Å². The molecule has 0 aromatic heterocycles. The second-order valence-corrected chi connectivity index (χ2v) is 2.15. The molecule has 0 aliphatic carbocycles. The van der Waals surface area contributed by atoms with Crippen molar-refractivity contribution in [2.24, 2.45) is 0 Å². The van der Waals surface area contributed by atoms with Crippen molar-refractivity contribution in [2.45, 2.75) is 6.10 Å². The van der Waals surface area contributed by atoms with Gasteiger partial charge in [0, 0.05) is 0 Å². The molecule has 1 aromatic rings. The average Bonchev–Trinajstić information content (AvgIpc) is 2.05. The van der Waals surface area contributed by atoms with E-state index in [1.54, 1.807) is 30.3 Å². The van der Waals surface area contributed by atoms with Crippen LogP contribution in [0.4, 0.5) is 0 Å². The molecule has 1 atom stereocenters. The number of carbonyl (C=O) groups is 1. The number of hydrogen-bond acceptors (Lipinski definition) is 2. The summed E-state index contributed by atoms with van der Waals surface area (Å²) < 4.78 is 0. The topological polar surface area (TPSA) is 89.0 Å². The molecule has 0 bridgehead atoms. The molecule has 0 aliphatic rings. The molecule has 13 heavy (non-hydrogen) atoms. The number of rotatable bonds is 2. The third-order valence-electron chi connectivity index (χ3n) is 1.35. The second kappa shape index (κ2) is 7.06. The van der Waals surface area contributed by atoms with Gasteiger partial charge >= 0.3 is 35.5 Å². The van der Waals surface area contributed by atoms with Crippen LogP contribution < -0.4 is 29.6 Å². The summed E-state index contributed by atoms with van der Waals surface area (Å²) in [5.74, 6) is -1.23. The molecule has 0 radical (unpaired) electrons. The maximum atomic E-state index is 10.2. The minimum Gasteiger partial charge on any atom is -1.00 e.